The van der Waals surface area contributed by atoms with Crippen molar-refractivity contribution in [2.45, 2.75) is 26.2 Å². The van der Waals surface area contributed by atoms with Gasteiger partial charge in [0.1, 0.15) is 23.3 Å². The van der Waals surface area contributed by atoms with Crippen LogP contribution < -0.4 is 11.1 Å². The fourth-order valence-electron chi connectivity index (χ4n) is 1.61. The molecule has 0 aliphatic heterocycles. The maximum absolute atomic E-state index is 13.7. The molecule has 20 heavy (non-hydrogen) atoms. The van der Waals surface area contributed by atoms with Gasteiger partial charge in [-0.2, -0.15) is 0 Å². The molecule has 0 radical (unpaired) electrons. The summed E-state index contributed by atoms with van der Waals surface area (Å²) in [5.41, 5.74) is 5.68. The van der Waals surface area contributed by atoms with Crippen LogP contribution in [0.2, 0.25) is 5.02 Å². The molecular formula is C14H16ClFN4. The van der Waals surface area contributed by atoms with Gasteiger partial charge in [-0.1, -0.05) is 38.4 Å². The van der Waals surface area contributed by atoms with Crippen LogP contribution in [0.25, 0.3) is 0 Å². The summed E-state index contributed by atoms with van der Waals surface area (Å²) in [5.74, 6) is 0.855. The normalized spacial score (nSPS) is 11.4. The van der Waals surface area contributed by atoms with E-state index in [0.29, 0.717) is 17.5 Å². The second-order valence-corrected chi connectivity index (χ2v) is 5.88. The van der Waals surface area contributed by atoms with Gasteiger partial charge in [0.05, 0.1) is 10.7 Å². The number of para-hydroxylation sites is 1. The van der Waals surface area contributed by atoms with Gasteiger partial charge >= 0.3 is 0 Å². The van der Waals surface area contributed by atoms with E-state index in [4.69, 9.17) is 17.3 Å². The third kappa shape index (κ3) is 3.17. The van der Waals surface area contributed by atoms with Crippen molar-refractivity contribution in [1.29, 1.82) is 0 Å². The predicted octanol–water partition coefficient (Wildman–Crippen LogP) is 3.89. The summed E-state index contributed by atoms with van der Waals surface area (Å²) in [6.07, 6.45) is 0. The lowest BCUT2D eigenvalue weighted by atomic mass is 9.96. The first-order chi connectivity index (χ1) is 9.27. The predicted molar refractivity (Wildman–Crippen MR) is 79.8 cm³/mol. The van der Waals surface area contributed by atoms with Crippen LogP contribution in [0, 0.1) is 5.82 Å². The Hall–Kier alpha value is -1.88. The van der Waals surface area contributed by atoms with Crippen LogP contribution in [0.1, 0.15) is 26.6 Å². The van der Waals surface area contributed by atoms with Gasteiger partial charge in [0, 0.05) is 11.5 Å². The Balaban J connectivity index is 2.42. The van der Waals surface area contributed by atoms with Gasteiger partial charge in [-0.25, -0.2) is 14.4 Å². The van der Waals surface area contributed by atoms with Crippen molar-refractivity contribution < 1.29 is 4.39 Å². The average Bonchev–Trinajstić information content (AvgIpc) is 2.32. The first-order valence-corrected chi connectivity index (χ1v) is 6.51. The highest BCUT2D eigenvalue weighted by molar-refractivity contribution is 6.33. The maximum atomic E-state index is 13.7. The number of aromatic nitrogens is 2. The van der Waals surface area contributed by atoms with Crippen LogP contribution in [0.3, 0.4) is 0 Å². The van der Waals surface area contributed by atoms with Gasteiger partial charge in [0.25, 0.3) is 0 Å². The van der Waals surface area contributed by atoms with E-state index in [-0.39, 0.29) is 16.1 Å². The summed E-state index contributed by atoms with van der Waals surface area (Å²) >= 11 is 5.97. The van der Waals surface area contributed by atoms with Gasteiger partial charge in [-0.15, -0.1) is 0 Å². The van der Waals surface area contributed by atoms with Crippen molar-refractivity contribution in [3.05, 3.63) is 40.9 Å². The molecule has 2 aromatic rings. The second kappa shape index (κ2) is 5.25. The quantitative estimate of drug-likeness (QED) is 0.882. The third-order valence-electron chi connectivity index (χ3n) is 2.63. The number of nitrogens with one attached hydrogen (secondary N) is 1. The average molecular weight is 295 g/mol. The maximum Gasteiger partial charge on any atom is 0.148 e. The Morgan fingerprint density at radius 3 is 2.55 bits per heavy atom. The Labute approximate surface area is 122 Å². The van der Waals surface area contributed by atoms with E-state index in [1.165, 1.54) is 18.2 Å². The minimum atomic E-state index is -0.452. The standard InChI is InChI=1S/C14H16ClFN4/c1-14(2,3)13-18-10(17)7-11(20-13)19-12-8(15)5-4-6-9(12)16/h4-7H,1-3H3,(H3,17,18,19,20). The zero-order valence-electron chi connectivity index (χ0n) is 11.5. The van der Waals surface area contributed by atoms with Crippen LogP contribution >= 0.6 is 11.6 Å². The molecule has 0 fully saturated rings. The molecule has 0 unspecified atom stereocenters. The van der Waals surface area contributed by atoms with Gasteiger partial charge in [-0.05, 0) is 12.1 Å². The van der Waals surface area contributed by atoms with Crippen LogP contribution in [-0.4, -0.2) is 9.97 Å². The van der Waals surface area contributed by atoms with E-state index in [1.807, 2.05) is 20.8 Å². The number of halogens is 2. The molecule has 106 valence electrons. The molecule has 1 aromatic heterocycles. The van der Waals surface area contributed by atoms with E-state index in [9.17, 15) is 4.39 Å². The third-order valence-corrected chi connectivity index (χ3v) is 2.95. The molecule has 3 N–H and O–H groups in total. The molecule has 0 aliphatic carbocycles. The molecule has 1 aromatic carbocycles. The van der Waals surface area contributed by atoms with Gasteiger partial charge < -0.3 is 11.1 Å². The zero-order valence-corrected chi connectivity index (χ0v) is 12.3. The summed E-state index contributed by atoms with van der Waals surface area (Å²) in [5, 5.41) is 3.13. The first kappa shape index (κ1) is 14.5. The number of rotatable bonds is 2. The fourth-order valence-corrected chi connectivity index (χ4v) is 1.82. The topological polar surface area (TPSA) is 63.8 Å². The Bertz CT molecular complexity index is 617. The molecule has 0 spiro atoms. The molecule has 0 amide bonds. The largest absolute Gasteiger partial charge is 0.384 e. The van der Waals surface area contributed by atoms with Gasteiger partial charge in [0.2, 0.25) is 0 Å². The minimum Gasteiger partial charge on any atom is -0.384 e. The molecule has 2 rings (SSSR count). The molecule has 6 heteroatoms. The lowest BCUT2D eigenvalue weighted by molar-refractivity contribution is 0.547. The van der Waals surface area contributed by atoms with E-state index in [1.54, 1.807) is 6.07 Å². The molecule has 0 saturated heterocycles. The number of nitrogen functional groups attached to an aromatic ring is 1. The van der Waals surface area contributed by atoms with E-state index >= 15 is 0 Å². The van der Waals surface area contributed by atoms with Crippen LogP contribution in [0.5, 0.6) is 0 Å². The highest BCUT2D eigenvalue weighted by Crippen LogP contribution is 2.29. The van der Waals surface area contributed by atoms with Crippen LogP contribution in [0.15, 0.2) is 24.3 Å². The Morgan fingerprint density at radius 1 is 1.25 bits per heavy atom. The van der Waals surface area contributed by atoms with E-state index in [2.05, 4.69) is 15.3 Å². The number of hydrogen-bond acceptors (Lipinski definition) is 4. The van der Waals surface area contributed by atoms with Gasteiger partial charge in [0.15, 0.2) is 0 Å². The smallest absolute Gasteiger partial charge is 0.148 e. The molecule has 4 nitrogen and oxygen atoms in total. The first-order valence-electron chi connectivity index (χ1n) is 6.13. The van der Waals surface area contributed by atoms with Gasteiger partial charge in [-0.3, -0.25) is 0 Å². The van der Waals surface area contributed by atoms with Crippen LogP contribution in [0.4, 0.5) is 21.7 Å². The highest BCUT2D eigenvalue weighted by atomic mass is 35.5. The van der Waals surface area contributed by atoms with Crippen molar-refractivity contribution in [1.82, 2.24) is 9.97 Å². The van der Waals surface area contributed by atoms with Crippen molar-refractivity contribution in [3.8, 4) is 0 Å². The summed E-state index contributed by atoms with van der Waals surface area (Å²) in [4.78, 5) is 8.55. The SMILES string of the molecule is CC(C)(C)c1nc(N)cc(Nc2c(F)cccc2Cl)n1. The summed E-state index contributed by atoms with van der Waals surface area (Å²) < 4.78 is 13.7. The Morgan fingerprint density at radius 2 is 1.95 bits per heavy atom. The van der Waals surface area contributed by atoms with Crippen molar-refractivity contribution in [2.75, 3.05) is 11.1 Å². The minimum absolute atomic E-state index is 0.173. The van der Waals surface area contributed by atoms with E-state index < -0.39 is 5.82 Å². The van der Waals surface area contributed by atoms with Crippen molar-refractivity contribution in [2.24, 2.45) is 0 Å². The summed E-state index contributed by atoms with van der Waals surface area (Å²) in [6.45, 7) is 5.92. The molecule has 0 bridgehead atoms. The lowest BCUT2D eigenvalue weighted by Gasteiger charge is -2.18. The highest BCUT2D eigenvalue weighted by Gasteiger charge is 2.19. The summed E-state index contributed by atoms with van der Waals surface area (Å²) in [7, 11) is 0. The van der Waals surface area contributed by atoms with Crippen molar-refractivity contribution in [3.63, 3.8) is 0 Å². The molecular weight excluding hydrogens is 279 g/mol. The number of hydrogen-bond donors (Lipinski definition) is 2. The molecule has 0 aliphatic rings. The number of nitrogens with zero attached hydrogens (tertiary/aromatic N) is 2. The number of nitrogens with two attached hydrogens (primary N) is 1. The summed E-state index contributed by atoms with van der Waals surface area (Å²) in [6, 6.07) is 6.00. The zero-order chi connectivity index (χ0) is 14.9. The van der Waals surface area contributed by atoms with Crippen molar-refractivity contribution >= 4 is 28.9 Å². The van der Waals surface area contributed by atoms with Crippen LogP contribution in [-0.2, 0) is 5.41 Å². The number of benzene rings is 1. The lowest BCUT2D eigenvalue weighted by Crippen LogP contribution is -2.17. The molecule has 1 heterocycles. The monoisotopic (exact) mass is 294 g/mol. The molecule has 0 saturated carbocycles. The Kier molecular flexibility index (Phi) is 3.81. The fraction of sp³-hybridized carbons (Fsp3) is 0.286. The molecule has 0 atom stereocenters. The number of anilines is 3. The van der Waals surface area contributed by atoms with E-state index in [0.717, 1.165) is 0 Å². The second-order valence-electron chi connectivity index (χ2n) is 5.47.